The fourth-order valence-corrected chi connectivity index (χ4v) is 1.58. The van der Waals surface area contributed by atoms with Crippen LogP contribution in [0.2, 0.25) is 0 Å². The number of ketones is 1. The van der Waals surface area contributed by atoms with Crippen molar-refractivity contribution in [2.75, 3.05) is 6.61 Å². The molecule has 0 aliphatic heterocycles. The van der Waals surface area contributed by atoms with Crippen molar-refractivity contribution in [1.29, 1.82) is 0 Å². The summed E-state index contributed by atoms with van der Waals surface area (Å²) in [4.78, 5) is 16.1. The molecule has 0 aliphatic rings. The Balaban J connectivity index is 2.82. The smallest absolute Gasteiger partial charge is 0.187 e. The molecule has 0 saturated heterocycles. The van der Waals surface area contributed by atoms with Crippen molar-refractivity contribution in [2.45, 2.75) is 40.0 Å². The van der Waals surface area contributed by atoms with Crippen LogP contribution in [-0.4, -0.2) is 17.4 Å². The molecule has 1 heterocycles. The van der Waals surface area contributed by atoms with Gasteiger partial charge in [0.05, 0.1) is 12.8 Å². The third-order valence-electron chi connectivity index (χ3n) is 2.71. The lowest BCUT2D eigenvalue weighted by atomic mass is 10.1. The van der Waals surface area contributed by atoms with Crippen molar-refractivity contribution in [1.82, 2.24) is 4.98 Å². The highest BCUT2D eigenvalue weighted by Crippen LogP contribution is 2.14. The van der Waals surface area contributed by atoms with E-state index in [0.717, 1.165) is 24.8 Å². The summed E-state index contributed by atoms with van der Waals surface area (Å²) in [5.74, 6) is 0.661. The number of allylic oxidation sites excluding steroid dienone is 2. The zero-order valence-electron chi connectivity index (χ0n) is 11.4. The number of carbonyl (C=O) groups is 1. The van der Waals surface area contributed by atoms with E-state index in [1.54, 1.807) is 24.5 Å². The van der Waals surface area contributed by atoms with Crippen molar-refractivity contribution in [2.24, 2.45) is 0 Å². The molecule has 98 valence electrons. The van der Waals surface area contributed by atoms with Gasteiger partial charge in [-0.2, -0.15) is 0 Å². The van der Waals surface area contributed by atoms with Crippen LogP contribution in [0.3, 0.4) is 0 Å². The van der Waals surface area contributed by atoms with Gasteiger partial charge in [-0.25, -0.2) is 0 Å². The number of hydrogen-bond donors (Lipinski definition) is 0. The predicted octanol–water partition coefficient (Wildman–Crippen LogP) is 3.80. The Bertz CT molecular complexity index is 418. The number of carbonyl (C=O) groups excluding carboxylic acids is 1. The lowest BCUT2D eigenvalue weighted by Crippen LogP contribution is -2.00. The Hall–Kier alpha value is -1.64. The molecule has 1 aromatic rings. The second-order valence-corrected chi connectivity index (χ2v) is 4.13. The third-order valence-corrected chi connectivity index (χ3v) is 2.71. The second-order valence-electron chi connectivity index (χ2n) is 4.13. The summed E-state index contributed by atoms with van der Waals surface area (Å²) in [6.07, 6.45) is 7.68. The van der Waals surface area contributed by atoms with Crippen LogP contribution in [0, 0.1) is 0 Å². The van der Waals surface area contributed by atoms with E-state index >= 15 is 0 Å². The van der Waals surface area contributed by atoms with E-state index in [1.165, 1.54) is 0 Å². The minimum absolute atomic E-state index is 0.00292. The minimum atomic E-state index is 0.00292. The number of hydrogen-bond acceptors (Lipinski definition) is 3. The molecule has 0 N–H and O–H groups in total. The Morgan fingerprint density at radius 1 is 1.28 bits per heavy atom. The molecule has 3 nitrogen and oxygen atoms in total. The van der Waals surface area contributed by atoms with E-state index < -0.39 is 0 Å². The number of ether oxygens (including phenoxy) is 1. The summed E-state index contributed by atoms with van der Waals surface area (Å²) in [5.41, 5.74) is 1.74. The Kier molecular flexibility index (Phi) is 6.12. The first kappa shape index (κ1) is 14.4. The van der Waals surface area contributed by atoms with Crippen molar-refractivity contribution in [3.63, 3.8) is 0 Å². The van der Waals surface area contributed by atoms with Gasteiger partial charge in [-0.3, -0.25) is 9.78 Å². The van der Waals surface area contributed by atoms with Gasteiger partial charge >= 0.3 is 0 Å². The highest BCUT2D eigenvalue weighted by atomic mass is 16.5. The van der Waals surface area contributed by atoms with Crippen LogP contribution < -0.4 is 4.74 Å². The molecule has 0 amide bonds. The van der Waals surface area contributed by atoms with Gasteiger partial charge < -0.3 is 4.74 Å². The molecule has 18 heavy (non-hydrogen) atoms. The molecular weight excluding hydrogens is 226 g/mol. The van der Waals surface area contributed by atoms with Gasteiger partial charge in [-0.05, 0) is 31.4 Å². The fraction of sp³-hybridized carbons (Fsp3) is 0.467. The lowest BCUT2D eigenvalue weighted by Gasteiger charge is -2.05. The number of aromatic nitrogens is 1. The van der Waals surface area contributed by atoms with Crippen LogP contribution in [-0.2, 0) is 0 Å². The summed E-state index contributed by atoms with van der Waals surface area (Å²) in [6, 6.07) is 1.75. The van der Waals surface area contributed by atoms with Crippen LogP contribution in [0.1, 0.15) is 50.4 Å². The molecule has 0 unspecified atom stereocenters. The lowest BCUT2D eigenvalue weighted by molar-refractivity contribution is 0.104. The van der Waals surface area contributed by atoms with Crippen LogP contribution in [0.15, 0.2) is 30.1 Å². The molecule has 0 atom stereocenters. The zero-order valence-corrected chi connectivity index (χ0v) is 11.4. The first-order valence-electron chi connectivity index (χ1n) is 6.52. The van der Waals surface area contributed by atoms with Crippen molar-refractivity contribution in [3.05, 3.63) is 35.7 Å². The molecular formula is C15H21NO2. The molecule has 1 aromatic heterocycles. The quantitative estimate of drug-likeness (QED) is 0.543. The summed E-state index contributed by atoms with van der Waals surface area (Å²) in [7, 11) is 0. The average molecular weight is 247 g/mol. The topological polar surface area (TPSA) is 39.2 Å². The van der Waals surface area contributed by atoms with E-state index in [4.69, 9.17) is 4.74 Å². The molecule has 0 aromatic carbocycles. The van der Waals surface area contributed by atoms with Gasteiger partial charge in [0.25, 0.3) is 0 Å². The maximum atomic E-state index is 12.0. The molecule has 0 bridgehead atoms. The maximum absolute atomic E-state index is 12.0. The molecule has 1 rings (SSSR count). The number of pyridine rings is 1. The van der Waals surface area contributed by atoms with E-state index in [-0.39, 0.29) is 5.78 Å². The van der Waals surface area contributed by atoms with E-state index in [0.29, 0.717) is 17.9 Å². The zero-order chi connectivity index (χ0) is 13.4. The van der Waals surface area contributed by atoms with Crippen molar-refractivity contribution < 1.29 is 9.53 Å². The van der Waals surface area contributed by atoms with Gasteiger partial charge in [0.15, 0.2) is 5.78 Å². The maximum Gasteiger partial charge on any atom is 0.187 e. The largest absolute Gasteiger partial charge is 0.492 e. The highest BCUT2D eigenvalue weighted by Gasteiger charge is 2.06. The van der Waals surface area contributed by atoms with Gasteiger partial charge in [-0.1, -0.05) is 26.3 Å². The van der Waals surface area contributed by atoms with E-state index in [1.807, 2.05) is 6.92 Å². The molecule has 0 radical (unpaired) electrons. The van der Waals surface area contributed by atoms with E-state index in [2.05, 4.69) is 18.8 Å². The SMILES string of the molecule is CCCOc1cncc(C(=O)C=C(CC)CC)c1. The van der Waals surface area contributed by atoms with Gasteiger partial charge in [0, 0.05) is 11.8 Å². The monoisotopic (exact) mass is 247 g/mol. The summed E-state index contributed by atoms with van der Waals surface area (Å²) < 4.78 is 5.47. The Morgan fingerprint density at radius 2 is 2.00 bits per heavy atom. The van der Waals surface area contributed by atoms with Crippen molar-refractivity contribution in [3.8, 4) is 5.75 Å². The summed E-state index contributed by atoms with van der Waals surface area (Å²) >= 11 is 0. The fourth-order valence-electron chi connectivity index (χ4n) is 1.58. The predicted molar refractivity (Wildman–Crippen MR) is 73.0 cm³/mol. The van der Waals surface area contributed by atoms with Crippen LogP contribution >= 0.6 is 0 Å². The van der Waals surface area contributed by atoms with E-state index in [9.17, 15) is 4.79 Å². The standard InChI is InChI=1S/C15H21NO2/c1-4-7-18-14-9-13(10-16-11-14)15(17)8-12(5-2)6-3/h8-11H,4-7H2,1-3H3. The first-order valence-corrected chi connectivity index (χ1v) is 6.52. The van der Waals surface area contributed by atoms with Gasteiger partial charge in [0.1, 0.15) is 5.75 Å². The van der Waals surface area contributed by atoms with Crippen LogP contribution in [0.5, 0.6) is 5.75 Å². The summed E-state index contributed by atoms with van der Waals surface area (Å²) in [6.45, 7) is 6.80. The second kappa shape index (κ2) is 7.64. The van der Waals surface area contributed by atoms with Gasteiger partial charge in [-0.15, -0.1) is 0 Å². The minimum Gasteiger partial charge on any atom is -0.492 e. The molecule has 0 spiro atoms. The molecule has 0 aliphatic carbocycles. The normalized spacial score (nSPS) is 9.94. The first-order chi connectivity index (χ1) is 8.71. The van der Waals surface area contributed by atoms with Crippen LogP contribution in [0.4, 0.5) is 0 Å². The highest BCUT2D eigenvalue weighted by molar-refractivity contribution is 6.04. The Labute approximate surface area is 109 Å². The van der Waals surface area contributed by atoms with Crippen molar-refractivity contribution >= 4 is 5.78 Å². The Morgan fingerprint density at radius 3 is 2.61 bits per heavy atom. The van der Waals surface area contributed by atoms with Crippen LogP contribution in [0.25, 0.3) is 0 Å². The molecule has 0 saturated carbocycles. The van der Waals surface area contributed by atoms with Gasteiger partial charge in [0.2, 0.25) is 0 Å². The molecule has 3 heteroatoms. The number of rotatable bonds is 7. The molecule has 0 fully saturated rings. The number of nitrogens with zero attached hydrogens (tertiary/aromatic N) is 1. The average Bonchev–Trinajstić information content (AvgIpc) is 2.42. The third kappa shape index (κ3) is 4.32. The summed E-state index contributed by atoms with van der Waals surface area (Å²) in [5, 5.41) is 0.